The number of hydrogen-bond donors (Lipinski definition) is 2. The lowest BCUT2D eigenvalue weighted by molar-refractivity contribution is -0.113. The minimum Gasteiger partial charge on any atom is -0.325 e. The van der Waals surface area contributed by atoms with Crippen LogP contribution in [0.2, 0.25) is 10.0 Å². The minimum atomic E-state index is -0.249. The zero-order chi connectivity index (χ0) is 17.3. The van der Waals surface area contributed by atoms with Crippen LogP contribution in [0, 0.1) is 6.92 Å². The van der Waals surface area contributed by atoms with Crippen LogP contribution >= 0.6 is 35.0 Å². The molecule has 24 heavy (non-hydrogen) atoms. The number of amides is 1. The van der Waals surface area contributed by atoms with Crippen LogP contribution in [0.1, 0.15) is 5.69 Å². The summed E-state index contributed by atoms with van der Waals surface area (Å²) in [5.41, 5.74) is 0.995. The van der Waals surface area contributed by atoms with Crippen molar-refractivity contribution in [3.8, 4) is 0 Å². The third kappa shape index (κ3) is 3.55. The molecule has 2 N–H and O–H groups in total. The number of carbonyl (C=O) groups excluding carboxylic acids is 1. The van der Waals surface area contributed by atoms with Gasteiger partial charge >= 0.3 is 0 Å². The predicted molar refractivity (Wildman–Crippen MR) is 94.2 cm³/mol. The van der Waals surface area contributed by atoms with Gasteiger partial charge in [-0.25, -0.2) is 0 Å². The number of benzene rings is 1. The Morgan fingerprint density at radius 2 is 2.08 bits per heavy atom. The number of carbonyl (C=O) groups is 1. The topological polar surface area (TPSA) is 92.2 Å². The summed E-state index contributed by atoms with van der Waals surface area (Å²) in [6.07, 6.45) is 0. The van der Waals surface area contributed by atoms with Gasteiger partial charge in [-0.15, -0.1) is 10.2 Å². The molecule has 7 nitrogen and oxygen atoms in total. The van der Waals surface area contributed by atoms with E-state index in [-0.39, 0.29) is 17.2 Å². The third-order valence-electron chi connectivity index (χ3n) is 3.10. The molecule has 0 saturated carbocycles. The number of aromatic amines is 1. The number of hydrogen-bond acceptors (Lipinski definition) is 5. The Morgan fingerprint density at radius 1 is 1.29 bits per heavy atom. The van der Waals surface area contributed by atoms with Crippen molar-refractivity contribution >= 4 is 52.3 Å². The van der Waals surface area contributed by atoms with E-state index in [0.717, 1.165) is 0 Å². The maximum atomic E-state index is 12.1. The molecule has 0 saturated heterocycles. The molecule has 0 aliphatic carbocycles. The highest BCUT2D eigenvalue weighted by molar-refractivity contribution is 7.99. The van der Waals surface area contributed by atoms with Crippen LogP contribution in [0.15, 0.2) is 34.2 Å². The van der Waals surface area contributed by atoms with Gasteiger partial charge in [0.1, 0.15) is 0 Å². The smallest absolute Gasteiger partial charge is 0.252 e. The summed E-state index contributed by atoms with van der Waals surface area (Å²) in [7, 11) is 0. The van der Waals surface area contributed by atoms with E-state index in [0.29, 0.717) is 32.4 Å². The number of thioether (sulfide) groups is 1. The quantitative estimate of drug-likeness (QED) is 0.675. The third-order valence-corrected chi connectivity index (χ3v) is 4.76. The van der Waals surface area contributed by atoms with Crippen molar-refractivity contribution in [1.82, 2.24) is 19.6 Å². The zero-order valence-corrected chi connectivity index (χ0v) is 14.7. The molecule has 0 fully saturated rings. The normalized spacial score (nSPS) is 11.0. The molecule has 0 unspecified atom stereocenters. The Morgan fingerprint density at radius 3 is 2.83 bits per heavy atom. The largest absolute Gasteiger partial charge is 0.325 e. The summed E-state index contributed by atoms with van der Waals surface area (Å²) in [6.45, 7) is 1.77. The molecule has 0 aliphatic heterocycles. The summed E-state index contributed by atoms with van der Waals surface area (Å²) < 4.78 is 1.68. The standard InChI is InChI=1S/C14H11Cl2N5O2S/c1-7-4-11(22)18-13-19-20-14(21(7)13)24-6-12(23)17-8-2-3-9(15)10(16)5-8/h2-5H,6H2,1H3,(H,17,23)(H,18,19,22). The Balaban J connectivity index is 1.70. The van der Waals surface area contributed by atoms with Gasteiger partial charge in [0, 0.05) is 17.4 Å². The lowest BCUT2D eigenvalue weighted by atomic mass is 10.3. The van der Waals surface area contributed by atoms with Gasteiger partial charge in [-0.05, 0) is 25.1 Å². The predicted octanol–water partition coefficient (Wildman–Crippen LogP) is 2.76. The molecule has 0 bridgehead atoms. The molecule has 124 valence electrons. The first-order valence-electron chi connectivity index (χ1n) is 6.77. The molecule has 10 heteroatoms. The Kier molecular flexibility index (Phi) is 4.79. The average Bonchev–Trinajstić information content (AvgIpc) is 2.92. The maximum absolute atomic E-state index is 12.1. The summed E-state index contributed by atoms with van der Waals surface area (Å²) >= 11 is 13.0. The van der Waals surface area contributed by atoms with Gasteiger partial charge in [0.2, 0.25) is 11.7 Å². The second-order valence-electron chi connectivity index (χ2n) is 4.88. The van der Waals surface area contributed by atoms with Gasteiger partial charge in [-0.2, -0.15) is 0 Å². The number of H-pyrrole nitrogens is 1. The van der Waals surface area contributed by atoms with Crippen LogP contribution in [0.4, 0.5) is 5.69 Å². The van der Waals surface area contributed by atoms with E-state index in [1.165, 1.54) is 17.8 Å². The fourth-order valence-electron chi connectivity index (χ4n) is 2.06. The van der Waals surface area contributed by atoms with Gasteiger partial charge in [0.15, 0.2) is 5.16 Å². The van der Waals surface area contributed by atoms with Crippen LogP contribution in [0.25, 0.3) is 5.78 Å². The van der Waals surface area contributed by atoms with Crippen molar-refractivity contribution in [3.63, 3.8) is 0 Å². The van der Waals surface area contributed by atoms with E-state index >= 15 is 0 Å². The van der Waals surface area contributed by atoms with E-state index in [1.54, 1.807) is 29.5 Å². The van der Waals surface area contributed by atoms with E-state index in [4.69, 9.17) is 23.2 Å². The highest BCUT2D eigenvalue weighted by atomic mass is 35.5. The monoisotopic (exact) mass is 383 g/mol. The molecule has 2 heterocycles. The molecule has 3 rings (SSSR count). The lowest BCUT2D eigenvalue weighted by Gasteiger charge is -2.06. The van der Waals surface area contributed by atoms with E-state index < -0.39 is 0 Å². The molecular formula is C14H11Cl2N5O2S. The molecule has 0 aliphatic rings. The summed E-state index contributed by atoms with van der Waals surface area (Å²) in [5.74, 6) is 0.240. The van der Waals surface area contributed by atoms with E-state index in [1.807, 2.05) is 0 Å². The number of halogens is 2. The zero-order valence-electron chi connectivity index (χ0n) is 12.3. The Hall–Kier alpha value is -2.03. The van der Waals surface area contributed by atoms with Crippen molar-refractivity contribution in [2.24, 2.45) is 0 Å². The number of aromatic nitrogens is 4. The highest BCUT2D eigenvalue weighted by Gasteiger charge is 2.12. The first kappa shape index (κ1) is 16.8. The number of nitrogens with one attached hydrogen (secondary N) is 2. The van der Waals surface area contributed by atoms with Gasteiger partial charge in [0.05, 0.1) is 15.8 Å². The number of nitrogens with zero attached hydrogens (tertiary/aromatic N) is 3. The van der Waals surface area contributed by atoms with Crippen LogP contribution in [-0.2, 0) is 4.79 Å². The Labute approximate surface area is 150 Å². The van der Waals surface area contributed by atoms with Crippen LogP contribution in [0.5, 0.6) is 0 Å². The van der Waals surface area contributed by atoms with Crippen LogP contribution in [-0.4, -0.2) is 31.2 Å². The van der Waals surface area contributed by atoms with Crippen molar-refractivity contribution in [1.29, 1.82) is 0 Å². The number of aryl methyl sites for hydroxylation is 1. The summed E-state index contributed by atoms with van der Waals surface area (Å²) in [4.78, 5) is 26.0. The van der Waals surface area contributed by atoms with Crippen molar-refractivity contribution in [2.75, 3.05) is 11.1 Å². The number of anilines is 1. The molecule has 1 aromatic carbocycles. The SMILES string of the molecule is Cc1cc(=O)[nH]c2nnc(SCC(=O)Nc3ccc(Cl)c(Cl)c3)n12. The van der Waals surface area contributed by atoms with Crippen LogP contribution in [0.3, 0.4) is 0 Å². The molecule has 2 aromatic heterocycles. The second kappa shape index (κ2) is 6.84. The van der Waals surface area contributed by atoms with E-state index in [2.05, 4.69) is 20.5 Å². The Bertz CT molecular complexity index is 985. The summed E-state index contributed by atoms with van der Waals surface area (Å²) in [5, 5.41) is 11.9. The first-order chi connectivity index (χ1) is 11.4. The van der Waals surface area contributed by atoms with Crippen molar-refractivity contribution < 1.29 is 4.79 Å². The van der Waals surface area contributed by atoms with Crippen LogP contribution < -0.4 is 10.9 Å². The second-order valence-corrected chi connectivity index (χ2v) is 6.64. The van der Waals surface area contributed by atoms with Crippen molar-refractivity contribution in [2.45, 2.75) is 12.1 Å². The van der Waals surface area contributed by atoms with Gasteiger partial charge in [0.25, 0.3) is 5.56 Å². The van der Waals surface area contributed by atoms with Gasteiger partial charge in [-0.1, -0.05) is 35.0 Å². The van der Waals surface area contributed by atoms with E-state index in [9.17, 15) is 9.59 Å². The fraction of sp³-hybridized carbons (Fsp3) is 0.143. The first-order valence-corrected chi connectivity index (χ1v) is 8.51. The molecule has 0 spiro atoms. The highest BCUT2D eigenvalue weighted by Crippen LogP contribution is 2.25. The minimum absolute atomic E-state index is 0.125. The van der Waals surface area contributed by atoms with Gasteiger partial charge < -0.3 is 5.32 Å². The maximum Gasteiger partial charge on any atom is 0.252 e. The number of rotatable bonds is 4. The average molecular weight is 384 g/mol. The lowest BCUT2D eigenvalue weighted by Crippen LogP contribution is -2.14. The number of fused-ring (bicyclic) bond motifs is 1. The van der Waals surface area contributed by atoms with Crippen molar-refractivity contribution in [3.05, 3.63) is 50.4 Å². The molecular weight excluding hydrogens is 373 g/mol. The molecule has 0 radical (unpaired) electrons. The fourth-order valence-corrected chi connectivity index (χ4v) is 3.15. The van der Waals surface area contributed by atoms with Gasteiger partial charge in [-0.3, -0.25) is 19.0 Å². The molecule has 3 aromatic rings. The molecule has 0 atom stereocenters. The summed E-state index contributed by atoms with van der Waals surface area (Å²) in [6, 6.07) is 6.29. The molecule has 1 amide bonds.